The van der Waals surface area contributed by atoms with Crippen LogP contribution in [0.15, 0.2) is 16.7 Å². The second kappa shape index (κ2) is 5.67. The molecule has 2 heterocycles. The van der Waals surface area contributed by atoms with Crippen LogP contribution >= 0.6 is 15.9 Å². The minimum Gasteiger partial charge on any atom is -0.369 e. The summed E-state index contributed by atoms with van der Waals surface area (Å²) in [6.07, 6.45) is 1.82. The zero-order valence-corrected chi connectivity index (χ0v) is 12.0. The van der Waals surface area contributed by atoms with Crippen molar-refractivity contribution in [2.75, 3.05) is 37.6 Å². The Bertz CT molecular complexity index is 444. The average molecular weight is 313 g/mol. The summed E-state index contributed by atoms with van der Waals surface area (Å²) in [7, 11) is 0. The van der Waals surface area contributed by atoms with E-state index in [2.05, 4.69) is 43.7 Å². The van der Waals surface area contributed by atoms with Crippen molar-refractivity contribution in [2.45, 2.75) is 6.92 Å². The first-order valence-corrected chi connectivity index (χ1v) is 6.73. The number of carbonyl (C=O) groups is 1. The molecule has 0 saturated carbocycles. The number of amides is 1. The maximum absolute atomic E-state index is 10.9. The molecule has 98 valence electrons. The van der Waals surface area contributed by atoms with Gasteiger partial charge in [0.15, 0.2) is 0 Å². The van der Waals surface area contributed by atoms with Crippen LogP contribution in [0.5, 0.6) is 0 Å². The summed E-state index contributed by atoms with van der Waals surface area (Å²) < 4.78 is 0.996. The summed E-state index contributed by atoms with van der Waals surface area (Å²) in [6, 6.07) is 2.07. The van der Waals surface area contributed by atoms with Crippen molar-refractivity contribution in [2.24, 2.45) is 5.73 Å². The number of hydrogen-bond acceptors (Lipinski definition) is 4. The van der Waals surface area contributed by atoms with Crippen LogP contribution in [0.2, 0.25) is 0 Å². The normalized spacial score (nSPS) is 16.9. The number of hydrogen-bond donors (Lipinski definition) is 1. The number of primary amides is 1. The second-order valence-corrected chi connectivity index (χ2v) is 5.44. The molecular formula is C12H17BrN4O. The third-order valence-corrected chi connectivity index (χ3v) is 3.50. The second-order valence-electron chi connectivity index (χ2n) is 4.52. The number of rotatable bonds is 3. The van der Waals surface area contributed by atoms with Crippen LogP contribution < -0.4 is 10.6 Å². The highest BCUT2D eigenvalue weighted by atomic mass is 79.9. The highest BCUT2D eigenvalue weighted by Gasteiger charge is 2.20. The molecule has 0 spiro atoms. The maximum atomic E-state index is 10.9. The van der Waals surface area contributed by atoms with Gasteiger partial charge in [-0.25, -0.2) is 4.98 Å². The SMILES string of the molecule is Cc1cc(Br)cnc1N1CCN(CC(N)=O)CC1. The Morgan fingerprint density at radius 1 is 1.44 bits per heavy atom. The fourth-order valence-electron chi connectivity index (χ4n) is 2.20. The van der Waals surface area contributed by atoms with E-state index in [1.54, 1.807) is 0 Å². The van der Waals surface area contributed by atoms with Crippen LogP contribution in [0.3, 0.4) is 0 Å². The molecule has 0 aliphatic carbocycles. The van der Waals surface area contributed by atoms with Gasteiger partial charge in [0.2, 0.25) is 5.91 Å². The minimum atomic E-state index is -0.263. The Balaban J connectivity index is 1.99. The number of aryl methyl sites for hydroxylation is 1. The van der Waals surface area contributed by atoms with Crippen molar-refractivity contribution in [1.82, 2.24) is 9.88 Å². The number of halogens is 1. The Labute approximate surface area is 115 Å². The van der Waals surface area contributed by atoms with Crippen LogP contribution in [-0.2, 0) is 4.79 Å². The molecule has 1 aromatic heterocycles. The Kier molecular flexibility index (Phi) is 4.19. The van der Waals surface area contributed by atoms with Crippen molar-refractivity contribution in [1.29, 1.82) is 0 Å². The molecule has 2 N–H and O–H groups in total. The van der Waals surface area contributed by atoms with Crippen LogP contribution in [0.4, 0.5) is 5.82 Å². The number of piperazine rings is 1. The van der Waals surface area contributed by atoms with E-state index in [4.69, 9.17) is 5.73 Å². The van der Waals surface area contributed by atoms with E-state index in [1.807, 2.05) is 6.20 Å². The number of nitrogens with zero attached hydrogens (tertiary/aromatic N) is 3. The van der Waals surface area contributed by atoms with Crippen molar-refractivity contribution in [3.8, 4) is 0 Å². The van der Waals surface area contributed by atoms with E-state index in [-0.39, 0.29) is 5.91 Å². The van der Waals surface area contributed by atoms with E-state index in [1.165, 1.54) is 0 Å². The summed E-state index contributed by atoms with van der Waals surface area (Å²) in [5, 5.41) is 0. The summed E-state index contributed by atoms with van der Waals surface area (Å²) in [6.45, 7) is 5.86. The highest BCUT2D eigenvalue weighted by molar-refractivity contribution is 9.10. The van der Waals surface area contributed by atoms with Gasteiger partial charge in [-0.2, -0.15) is 0 Å². The van der Waals surface area contributed by atoms with Gasteiger partial charge in [-0.3, -0.25) is 9.69 Å². The molecule has 18 heavy (non-hydrogen) atoms. The van der Waals surface area contributed by atoms with Gasteiger partial charge < -0.3 is 10.6 Å². The first kappa shape index (κ1) is 13.3. The van der Waals surface area contributed by atoms with E-state index >= 15 is 0 Å². The van der Waals surface area contributed by atoms with Crippen LogP contribution in [-0.4, -0.2) is 48.5 Å². The Hall–Kier alpha value is -1.14. The van der Waals surface area contributed by atoms with E-state index in [0.29, 0.717) is 6.54 Å². The largest absolute Gasteiger partial charge is 0.369 e. The molecule has 0 unspecified atom stereocenters. The number of pyridine rings is 1. The molecule has 5 nitrogen and oxygen atoms in total. The van der Waals surface area contributed by atoms with Crippen LogP contribution in [0.1, 0.15) is 5.56 Å². The van der Waals surface area contributed by atoms with Gasteiger partial charge in [-0.05, 0) is 34.5 Å². The molecule has 2 rings (SSSR count). The molecule has 1 aliphatic heterocycles. The first-order chi connectivity index (χ1) is 8.56. The van der Waals surface area contributed by atoms with Crippen molar-refractivity contribution in [3.63, 3.8) is 0 Å². The lowest BCUT2D eigenvalue weighted by molar-refractivity contribution is -0.119. The quantitative estimate of drug-likeness (QED) is 0.895. The highest BCUT2D eigenvalue weighted by Crippen LogP contribution is 2.21. The molecule has 1 saturated heterocycles. The van der Waals surface area contributed by atoms with E-state index in [0.717, 1.165) is 42.0 Å². The zero-order valence-electron chi connectivity index (χ0n) is 10.4. The Morgan fingerprint density at radius 3 is 2.67 bits per heavy atom. The molecule has 6 heteroatoms. The van der Waals surface area contributed by atoms with Crippen LogP contribution in [0.25, 0.3) is 0 Å². The standard InChI is InChI=1S/C12H17BrN4O/c1-9-6-10(13)7-15-12(9)17-4-2-16(3-5-17)8-11(14)18/h6-7H,2-5,8H2,1H3,(H2,14,18). The summed E-state index contributed by atoms with van der Waals surface area (Å²) in [5.74, 6) is 0.762. The molecule has 1 aromatic rings. The fraction of sp³-hybridized carbons (Fsp3) is 0.500. The lowest BCUT2D eigenvalue weighted by atomic mass is 10.2. The molecule has 0 radical (unpaired) electrons. The van der Waals surface area contributed by atoms with Gasteiger partial charge in [0, 0.05) is 36.8 Å². The average Bonchev–Trinajstić information content (AvgIpc) is 2.30. The third kappa shape index (κ3) is 3.20. The lowest BCUT2D eigenvalue weighted by Gasteiger charge is -2.35. The predicted molar refractivity (Wildman–Crippen MR) is 74.5 cm³/mol. The smallest absolute Gasteiger partial charge is 0.231 e. The molecule has 0 aromatic carbocycles. The number of carbonyl (C=O) groups excluding carboxylic acids is 1. The van der Waals surface area contributed by atoms with Gasteiger partial charge in [-0.1, -0.05) is 0 Å². The maximum Gasteiger partial charge on any atom is 0.231 e. The predicted octanol–water partition coefficient (Wildman–Crippen LogP) is 0.760. The third-order valence-electron chi connectivity index (χ3n) is 3.07. The van der Waals surface area contributed by atoms with Crippen molar-refractivity contribution >= 4 is 27.7 Å². The zero-order chi connectivity index (χ0) is 13.1. The number of anilines is 1. The van der Waals surface area contributed by atoms with E-state index < -0.39 is 0 Å². The van der Waals surface area contributed by atoms with Gasteiger partial charge in [0.1, 0.15) is 5.82 Å². The minimum absolute atomic E-state index is 0.263. The Morgan fingerprint density at radius 2 is 2.11 bits per heavy atom. The monoisotopic (exact) mass is 312 g/mol. The summed E-state index contributed by atoms with van der Waals surface area (Å²) >= 11 is 3.42. The molecular weight excluding hydrogens is 296 g/mol. The van der Waals surface area contributed by atoms with Crippen LogP contribution in [0, 0.1) is 6.92 Å². The molecule has 1 aliphatic rings. The fourth-order valence-corrected chi connectivity index (χ4v) is 2.65. The van der Waals surface area contributed by atoms with E-state index in [9.17, 15) is 4.79 Å². The molecule has 0 bridgehead atoms. The van der Waals surface area contributed by atoms with Gasteiger partial charge in [-0.15, -0.1) is 0 Å². The van der Waals surface area contributed by atoms with Crippen molar-refractivity contribution < 1.29 is 4.79 Å². The first-order valence-electron chi connectivity index (χ1n) is 5.94. The van der Waals surface area contributed by atoms with Gasteiger partial charge in [0.25, 0.3) is 0 Å². The summed E-state index contributed by atoms with van der Waals surface area (Å²) in [5.41, 5.74) is 6.36. The molecule has 1 amide bonds. The molecule has 0 atom stereocenters. The number of nitrogens with two attached hydrogens (primary N) is 1. The summed E-state index contributed by atoms with van der Waals surface area (Å²) in [4.78, 5) is 19.6. The number of aromatic nitrogens is 1. The van der Waals surface area contributed by atoms with Gasteiger partial charge >= 0.3 is 0 Å². The molecule has 1 fully saturated rings. The topological polar surface area (TPSA) is 62.5 Å². The lowest BCUT2D eigenvalue weighted by Crippen LogP contribution is -2.49. The van der Waals surface area contributed by atoms with Crippen molar-refractivity contribution in [3.05, 3.63) is 22.3 Å². The van der Waals surface area contributed by atoms with Gasteiger partial charge in [0.05, 0.1) is 6.54 Å².